The Bertz CT molecular complexity index is 919. The number of allylic oxidation sites excluding steroid dienone is 6. The Morgan fingerprint density at radius 1 is 0.929 bits per heavy atom. The molecule has 0 saturated heterocycles. The van der Waals surface area contributed by atoms with E-state index in [0.29, 0.717) is 8.59 Å². The molecular weight excluding hydrogens is 503 g/mol. The fraction of sp³-hybridized carbons (Fsp3) is 0.556. The Morgan fingerprint density at radius 2 is 1.54 bits per heavy atom. The van der Waals surface area contributed by atoms with Gasteiger partial charge in [0.25, 0.3) is 0 Å². The number of hydrogen-bond acceptors (Lipinski definition) is 0. The van der Waals surface area contributed by atoms with Gasteiger partial charge < -0.3 is 0 Å². The molecule has 1 aromatic rings. The summed E-state index contributed by atoms with van der Waals surface area (Å²) in [5.41, 5.74) is 15.4. The van der Waals surface area contributed by atoms with Gasteiger partial charge in [-0.15, -0.1) is 0 Å². The molecule has 148 valence electrons. The van der Waals surface area contributed by atoms with E-state index >= 15 is 0 Å². The van der Waals surface area contributed by atoms with Gasteiger partial charge in [-0.2, -0.15) is 0 Å². The van der Waals surface area contributed by atoms with Crippen LogP contribution in [0.2, 0.25) is 3.17 Å². The first kappa shape index (κ1) is 20.6. The second-order valence-electron chi connectivity index (χ2n) is 10.7. The molecule has 0 aromatic heterocycles. The van der Waals surface area contributed by atoms with E-state index < -0.39 is 22.9 Å². The summed E-state index contributed by atoms with van der Waals surface area (Å²) in [6.07, 6.45) is 6.46. The van der Waals surface area contributed by atoms with E-state index in [0.717, 1.165) is 0 Å². The molecule has 0 unspecified atom stereocenters. The number of aryl methyl sites for hydroxylation is 1. The van der Waals surface area contributed by atoms with Crippen LogP contribution >= 0.6 is 0 Å². The van der Waals surface area contributed by atoms with E-state index in [1.165, 1.54) is 32.1 Å². The van der Waals surface area contributed by atoms with Gasteiger partial charge in [0, 0.05) is 0 Å². The Morgan fingerprint density at radius 3 is 2.14 bits per heavy atom. The molecule has 0 nitrogen and oxygen atoms in total. The molecule has 28 heavy (non-hydrogen) atoms. The first-order valence-corrected chi connectivity index (χ1v) is 14.6. The van der Waals surface area contributed by atoms with Crippen LogP contribution in [-0.4, -0.2) is 0 Å². The van der Waals surface area contributed by atoms with Crippen LogP contribution in [-0.2, 0) is 42.2 Å². The maximum atomic E-state index is 2.58. The molecule has 0 heterocycles. The van der Waals surface area contributed by atoms with Crippen molar-refractivity contribution in [3.05, 3.63) is 60.0 Å². The molecule has 0 radical (unpaired) electrons. The first-order valence-electron chi connectivity index (χ1n) is 11.0. The second-order valence-corrected chi connectivity index (χ2v) is 17.4. The molecule has 0 N–H and O–H groups in total. The van der Waals surface area contributed by atoms with E-state index in [9.17, 15) is 0 Å². The van der Waals surface area contributed by atoms with Crippen LogP contribution in [0.3, 0.4) is 0 Å². The van der Waals surface area contributed by atoms with Crippen LogP contribution in [0.5, 0.6) is 0 Å². The summed E-state index contributed by atoms with van der Waals surface area (Å²) in [7, 11) is 0. The summed E-state index contributed by atoms with van der Waals surface area (Å²) in [6, 6.07) is 4.94. The van der Waals surface area contributed by atoms with Crippen molar-refractivity contribution in [1.82, 2.24) is 0 Å². The van der Waals surface area contributed by atoms with Gasteiger partial charge in [-0.3, -0.25) is 0 Å². The third-order valence-corrected chi connectivity index (χ3v) is 15.0. The van der Waals surface area contributed by atoms with Crippen molar-refractivity contribution in [3.63, 3.8) is 0 Å². The fourth-order valence-electron chi connectivity index (χ4n) is 5.61. The molecule has 1 heteroatoms. The minimum absolute atomic E-state index is 0.352. The van der Waals surface area contributed by atoms with Gasteiger partial charge in [-0.05, 0) is 0 Å². The van der Waals surface area contributed by atoms with Crippen LogP contribution in [0.4, 0.5) is 0 Å². The minimum atomic E-state index is -1.07. The average molecular weight is 539 g/mol. The van der Waals surface area contributed by atoms with E-state index in [-0.39, 0.29) is 0 Å². The average Bonchev–Trinajstić information content (AvgIpc) is 3.25. The Labute approximate surface area is 183 Å². The zero-order chi connectivity index (χ0) is 20.4. The monoisotopic (exact) mass is 540 g/mol. The molecule has 3 aliphatic carbocycles. The van der Waals surface area contributed by atoms with Crippen LogP contribution in [0.15, 0.2) is 37.8 Å². The molecule has 0 saturated carbocycles. The van der Waals surface area contributed by atoms with Gasteiger partial charge in [0.05, 0.1) is 0 Å². The molecular formula is C27H36Hf. The zero-order valence-electron chi connectivity index (χ0n) is 19.2. The van der Waals surface area contributed by atoms with Crippen molar-refractivity contribution in [3.8, 4) is 0 Å². The van der Waals surface area contributed by atoms with Crippen LogP contribution in [0.1, 0.15) is 90.5 Å². The van der Waals surface area contributed by atoms with E-state index in [1.807, 2.05) is 3.33 Å². The molecule has 0 fully saturated rings. The summed E-state index contributed by atoms with van der Waals surface area (Å²) in [6.45, 7) is 19.4. The van der Waals surface area contributed by atoms with Gasteiger partial charge in [-0.25, -0.2) is 0 Å². The molecule has 4 rings (SSSR count). The summed E-state index contributed by atoms with van der Waals surface area (Å²) in [5, 5.41) is 0. The number of rotatable bonds is 3. The zero-order valence-corrected chi connectivity index (χ0v) is 22.8. The quantitative estimate of drug-likeness (QED) is 0.344. The first-order chi connectivity index (χ1) is 13.0. The number of fused-ring (bicyclic) bond motifs is 3. The predicted octanol–water partition coefficient (Wildman–Crippen LogP) is 7.83. The van der Waals surface area contributed by atoms with Crippen molar-refractivity contribution >= 4 is 5.57 Å². The third kappa shape index (κ3) is 3.21. The molecule has 0 spiro atoms. The van der Waals surface area contributed by atoms with Crippen molar-refractivity contribution in [2.75, 3.05) is 0 Å². The normalized spacial score (nSPS) is 21.0. The SMILES string of the molecule is CC1=C(C)[C](C)([Hf][C]2=C(CC(C)(C)C)c3c(ccc4c3CCC4)C2)C(C)=C1C. The fourth-order valence-corrected chi connectivity index (χ4v) is 12.8. The summed E-state index contributed by atoms with van der Waals surface area (Å²) in [5.74, 6) is 0. The van der Waals surface area contributed by atoms with Gasteiger partial charge >= 0.3 is 185 Å². The molecule has 3 aliphatic rings. The number of benzene rings is 1. The van der Waals surface area contributed by atoms with Gasteiger partial charge in [0.15, 0.2) is 0 Å². The van der Waals surface area contributed by atoms with Crippen LogP contribution < -0.4 is 0 Å². The van der Waals surface area contributed by atoms with Crippen molar-refractivity contribution in [2.45, 2.75) is 90.7 Å². The Hall–Kier alpha value is -0.690. The Kier molecular flexibility index (Phi) is 5.09. The summed E-state index contributed by atoms with van der Waals surface area (Å²) >= 11 is -1.07. The van der Waals surface area contributed by atoms with Crippen molar-refractivity contribution in [2.24, 2.45) is 5.41 Å². The Balaban J connectivity index is 1.83. The molecule has 0 amide bonds. The summed E-state index contributed by atoms with van der Waals surface area (Å²) in [4.78, 5) is 0. The topological polar surface area (TPSA) is 0 Å². The second kappa shape index (κ2) is 6.93. The standard InChI is InChI=1S/C17H21.C10H15.Hf/c1-17(2,3)11-14-10-9-13-8-7-12-5-4-6-15(12)16(13)14;1-6-7(2)9(4)10(5)8(6)3;/h7-8H,4-6,9,11H2,1-3H3;1-5H3;. The molecule has 0 aliphatic heterocycles. The maximum absolute atomic E-state index is 2.58. The van der Waals surface area contributed by atoms with Crippen LogP contribution in [0.25, 0.3) is 5.57 Å². The van der Waals surface area contributed by atoms with Crippen molar-refractivity contribution in [1.29, 1.82) is 0 Å². The molecule has 0 atom stereocenters. The summed E-state index contributed by atoms with van der Waals surface area (Å²) < 4.78 is 2.30. The predicted molar refractivity (Wildman–Crippen MR) is 118 cm³/mol. The number of hydrogen-bond donors (Lipinski definition) is 0. The van der Waals surface area contributed by atoms with Crippen molar-refractivity contribution < 1.29 is 22.9 Å². The van der Waals surface area contributed by atoms with Crippen LogP contribution in [0, 0.1) is 5.41 Å². The van der Waals surface area contributed by atoms with E-state index in [1.54, 1.807) is 50.1 Å². The van der Waals surface area contributed by atoms with Gasteiger partial charge in [-0.1, -0.05) is 0 Å². The van der Waals surface area contributed by atoms with E-state index in [4.69, 9.17) is 0 Å². The third-order valence-electron chi connectivity index (χ3n) is 7.70. The van der Waals surface area contributed by atoms with Gasteiger partial charge in [0.2, 0.25) is 0 Å². The van der Waals surface area contributed by atoms with Gasteiger partial charge in [0.1, 0.15) is 0 Å². The molecule has 0 bridgehead atoms. The molecule has 1 aromatic carbocycles. The van der Waals surface area contributed by atoms with E-state index in [2.05, 4.69) is 67.5 Å².